The van der Waals surface area contributed by atoms with Gasteiger partial charge in [-0.05, 0) is 19.4 Å². The molecule has 0 aromatic carbocycles. The zero-order valence-corrected chi connectivity index (χ0v) is 7.06. The van der Waals surface area contributed by atoms with Crippen LogP contribution in [0.25, 0.3) is 0 Å². The molecule has 1 heterocycles. The van der Waals surface area contributed by atoms with Gasteiger partial charge in [0.25, 0.3) is 0 Å². The number of aliphatic hydroxyl groups excluding tert-OH is 1. The van der Waals surface area contributed by atoms with Crippen LogP contribution >= 0.6 is 0 Å². The van der Waals surface area contributed by atoms with Gasteiger partial charge in [-0.3, -0.25) is 5.32 Å². The van der Waals surface area contributed by atoms with E-state index in [4.69, 9.17) is 5.11 Å². The number of hydrogen-bond donors (Lipinski definition) is 2. The van der Waals surface area contributed by atoms with Crippen molar-refractivity contribution in [2.24, 2.45) is 0 Å². The fraction of sp³-hybridized carbons (Fsp3) is 1.00. The van der Waals surface area contributed by atoms with Crippen molar-refractivity contribution in [3.8, 4) is 0 Å². The summed E-state index contributed by atoms with van der Waals surface area (Å²) in [5.41, 5.74) is 0. The molecule has 1 atom stereocenters. The fourth-order valence-corrected chi connectivity index (χ4v) is 0.666. The van der Waals surface area contributed by atoms with Gasteiger partial charge in [0.05, 0.1) is 0 Å². The van der Waals surface area contributed by atoms with Gasteiger partial charge in [-0.15, -0.1) is 0 Å². The molecule has 1 aliphatic rings. The molecule has 2 heteroatoms. The summed E-state index contributed by atoms with van der Waals surface area (Å²) in [6.07, 6.45) is 4.49. The SMILES string of the molecule is CCCC.OC1CCCN1. The minimum Gasteiger partial charge on any atom is -0.379 e. The Morgan fingerprint density at radius 2 is 2.00 bits per heavy atom. The summed E-state index contributed by atoms with van der Waals surface area (Å²) in [5.74, 6) is 0. The second-order valence-corrected chi connectivity index (χ2v) is 2.61. The van der Waals surface area contributed by atoms with Gasteiger partial charge in [0.15, 0.2) is 0 Å². The predicted octanol–water partition coefficient (Wildman–Crippen LogP) is 1.49. The normalized spacial score (nSPS) is 23.7. The van der Waals surface area contributed by atoms with Crippen LogP contribution in [0.5, 0.6) is 0 Å². The summed E-state index contributed by atoms with van der Waals surface area (Å²) in [6, 6.07) is 0. The molecule has 0 aromatic rings. The van der Waals surface area contributed by atoms with Crippen LogP contribution in [0, 0.1) is 0 Å². The van der Waals surface area contributed by atoms with Gasteiger partial charge >= 0.3 is 0 Å². The predicted molar refractivity (Wildman–Crippen MR) is 43.8 cm³/mol. The molecule has 0 spiro atoms. The molecule has 1 rings (SSSR count). The number of aliphatic hydroxyl groups is 1. The van der Waals surface area contributed by atoms with Gasteiger partial charge in [-0.2, -0.15) is 0 Å². The second kappa shape index (κ2) is 7.03. The van der Waals surface area contributed by atoms with Crippen LogP contribution in [0.4, 0.5) is 0 Å². The average molecular weight is 145 g/mol. The maximum atomic E-state index is 8.62. The van der Waals surface area contributed by atoms with E-state index in [0.29, 0.717) is 0 Å². The second-order valence-electron chi connectivity index (χ2n) is 2.61. The van der Waals surface area contributed by atoms with Gasteiger partial charge in [0.1, 0.15) is 6.23 Å². The lowest BCUT2D eigenvalue weighted by atomic mass is 10.4. The maximum Gasteiger partial charge on any atom is 0.104 e. The van der Waals surface area contributed by atoms with E-state index in [1.165, 1.54) is 12.8 Å². The number of nitrogens with one attached hydrogen (secondary N) is 1. The minimum atomic E-state index is -0.204. The number of hydrogen-bond acceptors (Lipinski definition) is 2. The Balaban J connectivity index is 0.000000180. The molecule has 0 saturated carbocycles. The van der Waals surface area contributed by atoms with E-state index in [1.54, 1.807) is 0 Å². The van der Waals surface area contributed by atoms with Crippen molar-refractivity contribution in [3.63, 3.8) is 0 Å². The van der Waals surface area contributed by atoms with Gasteiger partial charge < -0.3 is 5.11 Å². The highest BCUT2D eigenvalue weighted by molar-refractivity contribution is 4.61. The number of rotatable bonds is 1. The summed E-state index contributed by atoms with van der Waals surface area (Å²) in [7, 11) is 0. The first-order valence-corrected chi connectivity index (χ1v) is 4.22. The highest BCUT2D eigenvalue weighted by Crippen LogP contribution is 1.98. The van der Waals surface area contributed by atoms with Gasteiger partial charge in [-0.25, -0.2) is 0 Å². The standard InChI is InChI=1S/C4H9NO.C4H10/c6-4-2-1-3-5-4;1-3-4-2/h4-6H,1-3H2;3-4H2,1-2H3. The molecule has 1 aliphatic heterocycles. The van der Waals surface area contributed by atoms with Crippen molar-refractivity contribution in [2.75, 3.05) is 6.54 Å². The summed E-state index contributed by atoms with van der Waals surface area (Å²) >= 11 is 0. The third-order valence-corrected chi connectivity index (χ3v) is 1.53. The first-order valence-electron chi connectivity index (χ1n) is 4.22. The fourth-order valence-electron chi connectivity index (χ4n) is 0.666. The molecule has 1 saturated heterocycles. The first kappa shape index (κ1) is 9.92. The van der Waals surface area contributed by atoms with E-state index in [-0.39, 0.29) is 6.23 Å². The van der Waals surface area contributed by atoms with Gasteiger partial charge in [-0.1, -0.05) is 26.7 Å². The molecule has 2 nitrogen and oxygen atoms in total. The highest BCUT2D eigenvalue weighted by atomic mass is 16.3. The summed E-state index contributed by atoms with van der Waals surface area (Å²) in [4.78, 5) is 0. The summed E-state index contributed by atoms with van der Waals surface area (Å²) in [6.45, 7) is 5.35. The van der Waals surface area contributed by atoms with Crippen LogP contribution in [0.2, 0.25) is 0 Å². The Bertz CT molecular complexity index is 58.3. The molecule has 1 fully saturated rings. The Morgan fingerprint density at radius 3 is 2.10 bits per heavy atom. The zero-order chi connectivity index (χ0) is 7.82. The Labute approximate surface area is 63.6 Å². The van der Waals surface area contributed by atoms with E-state index in [9.17, 15) is 0 Å². The Morgan fingerprint density at radius 1 is 1.40 bits per heavy atom. The molecular formula is C8H19NO. The first-order chi connectivity index (χ1) is 4.81. The van der Waals surface area contributed by atoms with E-state index in [2.05, 4.69) is 19.2 Å². The lowest BCUT2D eigenvalue weighted by Crippen LogP contribution is -2.19. The van der Waals surface area contributed by atoms with Gasteiger partial charge in [0.2, 0.25) is 0 Å². The summed E-state index contributed by atoms with van der Waals surface area (Å²) in [5, 5.41) is 11.5. The third-order valence-electron chi connectivity index (χ3n) is 1.53. The van der Waals surface area contributed by atoms with E-state index in [0.717, 1.165) is 19.4 Å². The van der Waals surface area contributed by atoms with Crippen LogP contribution in [0.1, 0.15) is 39.5 Å². The molecule has 10 heavy (non-hydrogen) atoms. The van der Waals surface area contributed by atoms with Crippen molar-refractivity contribution in [1.82, 2.24) is 5.32 Å². The lowest BCUT2D eigenvalue weighted by molar-refractivity contribution is 0.160. The van der Waals surface area contributed by atoms with Crippen LogP contribution in [-0.4, -0.2) is 17.9 Å². The largest absolute Gasteiger partial charge is 0.379 e. The molecule has 62 valence electrons. The molecular weight excluding hydrogens is 126 g/mol. The monoisotopic (exact) mass is 145 g/mol. The van der Waals surface area contributed by atoms with Crippen LogP contribution < -0.4 is 5.32 Å². The molecule has 0 radical (unpaired) electrons. The summed E-state index contributed by atoms with van der Waals surface area (Å²) < 4.78 is 0. The van der Waals surface area contributed by atoms with Crippen molar-refractivity contribution < 1.29 is 5.11 Å². The zero-order valence-electron chi connectivity index (χ0n) is 7.06. The Hall–Kier alpha value is -0.0800. The van der Waals surface area contributed by atoms with Crippen LogP contribution in [-0.2, 0) is 0 Å². The van der Waals surface area contributed by atoms with E-state index in [1.807, 2.05) is 0 Å². The molecule has 2 N–H and O–H groups in total. The molecule has 0 aromatic heterocycles. The molecule has 0 bridgehead atoms. The smallest absolute Gasteiger partial charge is 0.104 e. The van der Waals surface area contributed by atoms with E-state index < -0.39 is 0 Å². The van der Waals surface area contributed by atoms with Crippen LogP contribution in [0.3, 0.4) is 0 Å². The highest BCUT2D eigenvalue weighted by Gasteiger charge is 2.07. The van der Waals surface area contributed by atoms with Gasteiger partial charge in [0, 0.05) is 0 Å². The molecule has 0 amide bonds. The van der Waals surface area contributed by atoms with E-state index >= 15 is 0 Å². The van der Waals surface area contributed by atoms with Crippen molar-refractivity contribution in [3.05, 3.63) is 0 Å². The lowest BCUT2D eigenvalue weighted by Gasteiger charge is -1.94. The van der Waals surface area contributed by atoms with Crippen molar-refractivity contribution in [2.45, 2.75) is 45.8 Å². The molecule has 0 aliphatic carbocycles. The van der Waals surface area contributed by atoms with Crippen molar-refractivity contribution in [1.29, 1.82) is 0 Å². The molecule has 1 unspecified atom stereocenters. The Kier molecular flexibility index (Phi) is 6.98. The number of unbranched alkanes of at least 4 members (excludes halogenated alkanes) is 1. The third kappa shape index (κ3) is 6.05. The maximum absolute atomic E-state index is 8.62. The topological polar surface area (TPSA) is 32.3 Å². The average Bonchev–Trinajstić information content (AvgIpc) is 2.40. The van der Waals surface area contributed by atoms with Crippen molar-refractivity contribution >= 4 is 0 Å². The minimum absolute atomic E-state index is 0.204. The van der Waals surface area contributed by atoms with Crippen LogP contribution in [0.15, 0.2) is 0 Å². The quantitative estimate of drug-likeness (QED) is 0.586.